The van der Waals surface area contributed by atoms with Crippen molar-refractivity contribution in [3.8, 4) is 0 Å². The topological polar surface area (TPSA) is 101 Å². The van der Waals surface area contributed by atoms with Crippen LogP contribution in [0.3, 0.4) is 0 Å². The second kappa shape index (κ2) is 8.30. The largest absolute Gasteiger partial charge is 0.332 e. The van der Waals surface area contributed by atoms with Crippen LogP contribution in [0.2, 0.25) is 0 Å². The molecule has 0 saturated carbocycles. The van der Waals surface area contributed by atoms with E-state index in [9.17, 15) is 13.2 Å². The number of rotatable bonds is 4. The number of hydrogen-bond donors (Lipinski definition) is 3. The highest BCUT2D eigenvalue weighted by atomic mass is 32.2. The van der Waals surface area contributed by atoms with Crippen molar-refractivity contribution < 1.29 is 13.2 Å². The Morgan fingerprint density at radius 1 is 0.964 bits per heavy atom. The summed E-state index contributed by atoms with van der Waals surface area (Å²) in [6, 6.07) is 19.5. The molecule has 142 valence electrons. The number of amides is 1. The molecular weight excluding hydrogens is 394 g/mol. The number of sulfonamides is 1. The highest BCUT2D eigenvalue weighted by Gasteiger charge is 2.07. The molecule has 0 radical (unpaired) electrons. The second-order valence-corrected chi connectivity index (χ2v) is 7.88. The van der Waals surface area contributed by atoms with Crippen molar-refractivity contribution in [3.63, 3.8) is 0 Å². The quantitative estimate of drug-likeness (QED) is 0.453. The van der Waals surface area contributed by atoms with E-state index in [0.29, 0.717) is 5.69 Å². The van der Waals surface area contributed by atoms with E-state index in [1.807, 2.05) is 42.5 Å². The van der Waals surface area contributed by atoms with E-state index in [1.54, 1.807) is 6.08 Å². The van der Waals surface area contributed by atoms with Crippen molar-refractivity contribution in [1.29, 1.82) is 0 Å². The van der Waals surface area contributed by atoms with Gasteiger partial charge in [-0.1, -0.05) is 42.5 Å². The first-order valence-electron chi connectivity index (χ1n) is 8.23. The van der Waals surface area contributed by atoms with Crippen molar-refractivity contribution in [1.82, 2.24) is 5.32 Å². The summed E-state index contributed by atoms with van der Waals surface area (Å²) >= 11 is 5.11. The highest BCUT2D eigenvalue weighted by molar-refractivity contribution is 7.89. The molecule has 0 aromatic heterocycles. The summed E-state index contributed by atoms with van der Waals surface area (Å²) in [5.41, 5.74) is 1.45. The van der Waals surface area contributed by atoms with E-state index in [2.05, 4.69) is 10.6 Å². The molecule has 4 N–H and O–H groups in total. The number of anilines is 1. The van der Waals surface area contributed by atoms with Gasteiger partial charge in [0, 0.05) is 11.8 Å². The molecule has 8 heteroatoms. The van der Waals surface area contributed by atoms with E-state index in [4.69, 9.17) is 17.4 Å². The first-order chi connectivity index (χ1) is 13.3. The van der Waals surface area contributed by atoms with Crippen molar-refractivity contribution in [2.45, 2.75) is 4.90 Å². The van der Waals surface area contributed by atoms with E-state index >= 15 is 0 Å². The molecule has 3 aromatic carbocycles. The van der Waals surface area contributed by atoms with Crippen molar-refractivity contribution in [2.75, 3.05) is 5.32 Å². The van der Waals surface area contributed by atoms with Crippen LogP contribution in [0.15, 0.2) is 77.7 Å². The molecule has 0 heterocycles. The summed E-state index contributed by atoms with van der Waals surface area (Å²) in [4.78, 5) is 12.1. The average Bonchev–Trinajstić information content (AvgIpc) is 2.66. The molecule has 0 aliphatic rings. The number of benzene rings is 3. The van der Waals surface area contributed by atoms with Gasteiger partial charge in [-0.2, -0.15) is 0 Å². The predicted octanol–water partition coefficient (Wildman–Crippen LogP) is 3.01. The summed E-state index contributed by atoms with van der Waals surface area (Å²) in [5.74, 6) is -0.383. The number of nitrogens with two attached hydrogens (primary N) is 1. The molecular formula is C20H17N3O3S2. The normalized spacial score (nSPS) is 11.5. The number of hydrogen-bond acceptors (Lipinski definition) is 4. The monoisotopic (exact) mass is 411 g/mol. The molecule has 0 spiro atoms. The van der Waals surface area contributed by atoms with Gasteiger partial charge in [-0.25, -0.2) is 13.6 Å². The van der Waals surface area contributed by atoms with Gasteiger partial charge in [-0.15, -0.1) is 0 Å². The van der Waals surface area contributed by atoms with Crippen LogP contribution in [0.5, 0.6) is 0 Å². The van der Waals surface area contributed by atoms with Crippen LogP contribution in [0, 0.1) is 0 Å². The Labute approximate surface area is 168 Å². The van der Waals surface area contributed by atoms with Gasteiger partial charge in [-0.05, 0) is 58.9 Å². The number of primary sulfonamides is 1. The Kier molecular flexibility index (Phi) is 5.84. The Morgan fingerprint density at radius 2 is 1.64 bits per heavy atom. The number of carbonyl (C=O) groups is 1. The zero-order valence-corrected chi connectivity index (χ0v) is 16.3. The zero-order chi connectivity index (χ0) is 20.1. The average molecular weight is 412 g/mol. The van der Waals surface area contributed by atoms with Gasteiger partial charge in [0.15, 0.2) is 5.11 Å². The third kappa shape index (κ3) is 5.01. The van der Waals surface area contributed by atoms with E-state index < -0.39 is 10.0 Å². The van der Waals surface area contributed by atoms with Gasteiger partial charge in [0.2, 0.25) is 15.9 Å². The van der Waals surface area contributed by atoms with Crippen LogP contribution in [0.4, 0.5) is 5.69 Å². The maximum Gasteiger partial charge on any atom is 0.250 e. The fraction of sp³-hybridized carbons (Fsp3) is 0. The molecule has 1 amide bonds. The highest BCUT2D eigenvalue weighted by Crippen LogP contribution is 2.19. The fourth-order valence-electron chi connectivity index (χ4n) is 2.61. The molecule has 0 unspecified atom stereocenters. The smallest absolute Gasteiger partial charge is 0.250 e. The van der Waals surface area contributed by atoms with Crippen molar-refractivity contribution in [3.05, 3.63) is 78.4 Å². The summed E-state index contributed by atoms with van der Waals surface area (Å²) in [6.07, 6.45) is 3.13. The molecule has 6 nitrogen and oxygen atoms in total. The van der Waals surface area contributed by atoms with Gasteiger partial charge in [0.05, 0.1) is 4.90 Å². The Morgan fingerprint density at radius 3 is 2.36 bits per heavy atom. The van der Waals surface area contributed by atoms with E-state index in [-0.39, 0.29) is 15.9 Å². The van der Waals surface area contributed by atoms with E-state index in [0.717, 1.165) is 16.3 Å². The van der Waals surface area contributed by atoms with Crippen LogP contribution in [0.1, 0.15) is 5.56 Å². The van der Waals surface area contributed by atoms with Crippen LogP contribution >= 0.6 is 12.2 Å². The van der Waals surface area contributed by atoms with Gasteiger partial charge in [0.25, 0.3) is 0 Å². The predicted molar refractivity (Wildman–Crippen MR) is 115 cm³/mol. The Hall–Kier alpha value is -3.07. The van der Waals surface area contributed by atoms with Crippen LogP contribution in [-0.4, -0.2) is 19.4 Å². The van der Waals surface area contributed by atoms with Gasteiger partial charge in [-0.3, -0.25) is 10.1 Å². The number of nitrogens with one attached hydrogen (secondary N) is 2. The van der Waals surface area contributed by atoms with Gasteiger partial charge >= 0.3 is 0 Å². The van der Waals surface area contributed by atoms with Crippen LogP contribution in [0.25, 0.3) is 16.8 Å². The molecule has 0 atom stereocenters. The first kappa shape index (κ1) is 19.7. The summed E-state index contributed by atoms with van der Waals surface area (Å²) in [5, 5.41) is 12.6. The third-order valence-electron chi connectivity index (χ3n) is 3.92. The third-order valence-corrected chi connectivity index (χ3v) is 5.05. The van der Waals surface area contributed by atoms with Crippen molar-refractivity contribution >= 4 is 55.8 Å². The molecule has 28 heavy (non-hydrogen) atoms. The van der Waals surface area contributed by atoms with Crippen LogP contribution in [-0.2, 0) is 14.8 Å². The lowest BCUT2D eigenvalue weighted by Crippen LogP contribution is -2.32. The van der Waals surface area contributed by atoms with Gasteiger partial charge in [0.1, 0.15) is 0 Å². The molecule has 0 fully saturated rings. The fourth-order valence-corrected chi connectivity index (χ4v) is 3.34. The van der Waals surface area contributed by atoms with Crippen molar-refractivity contribution in [2.24, 2.45) is 5.14 Å². The number of thiocarbonyl (C=S) groups is 1. The summed E-state index contributed by atoms with van der Waals surface area (Å²) in [6.45, 7) is 0. The molecule has 0 saturated heterocycles. The summed E-state index contributed by atoms with van der Waals surface area (Å²) in [7, 11) is -3.76. The lowest BCUT2D eigenvalue weighted by Gasteiger charge is -2.08. The number of fused-ring (bicyclic) bond motifs is 1. The minimum atomic E-state index is -3.76. The molecule has 0 aliphatic heterocycles. The molecule has 3 aromatic rings. The van der Waals surface area contributed by atoms with Crippen LogP contribution < -0.4 is 15.8 Å². The minimum Gasteiger partial charge on any atom is -0.332 e. The SMILES string of the molecule is NS(=O)(=O)c1ccc(NC(=S)NC(=O)/C=C/c2cccc3ccccc23)cc1. The minimum absolute atomic E-state index is 0.00831. The Bertz CT molecular complexity index is 1170. The molecule has 0 bridgehead atoms. The Balaban J connectivity index is 1.63. The van der Waals surface area contributed by atoms with E-state index in [1.165, 1.54) is 30.3 Å². The standard InChI is InChI=1S/C20H17N3O3S2/c21-28(25,26)17-11-9-16(10-12-17)22-20(27)23-19(24)13-8-15-6-3-5-14-4-1-2-7-18(14)15/h1-13H,(H2,21,25,26)(H2,22,23,24,27)/b13-8+. The molecule has 0 aliphatic carbocycles. The van der Waals surface area contributed by atoms with Gasteiger partial charge < -0.3 is 5.32 Å². The molecule has 3 rings (SSSR count). The second-order valence-electron chi connectivity index (χ2n) is 5.91. The number of carbonyl (C=O) groups excluding carboxylic acids is 1. The lowest BCUT2D eigenvalue weighted by molar-refractivity contribution is -0.115. The maximum atomic E-state index is 12.1. The lowest BCUT2D eigenvalue weighted by atomic mass is 10.0. The summed E-state index contributed by atoms with van der Waals surface area (Å²) < 4.78 is 22.5. The maximum absolute atomic E-state index is 12.1. The first-order valence-corrected chi connectivity index (χ1v) is 10.2. The zero-order valence-electron chi connectivity index (χ0n) is 14.6.